The van der Waals surface area contributed by atoms with E-state index in [9.17, 15) is 8.42 Å². The number of benzene rings is 2. The second-order valence-corrected chi connectivity index (χ2v) is 7.85. The van der Waals surface area contributed by atoms with Crippen LogP contribution in [0.1, 0.15) is 0 Å². The highest BCUT2D eigenvalue weighted by atomic mass is 35.5. The fourth-order valence-corrected chi connectivity index (χ4v) is 3.80. The Morgan fingerprint density at radius 1 is 0.857 bits per heavy atom. The molecule has 0 spiro atoms. The Balaban J connectivity index is 1.59. The molecule has 0 amide bonds. The van der Waals surface area contributed by atoms with Crippen molar-refractivity contribution >= 4 is 49.9 Å². The maximum atomic E-state index is 12.5. The van der Waals surface area contributed by atoms with Crippen molar-refractivity contribution in [3.8, 4) is 0 Å². The third kappa shape index (κ3) is 3.88. The van der Waals surface area contributed by atoms with Gasteiger partial charge in [0.25, 0.3) is 10.0 Å². The van der Waals surface area contributed by atoms with Gasteiger partial charge < -0.3 is 5.32 Å². The molecule has 0 unspecified atom stereocenters. The summed E-state index contributed by atoms with van der Waals surface area (Å²) >= 11 is 6.00. The number of rotatable bonds is 5. The Labute approximate surface area is 166 Å². The predicted octanol–water partition coefficient (Wildman–Crippen LogP) is 4.22. The summed E-state index contributed by atoms with van der Waals surface area (Å²) in [6.07, 6.45) is 1.52. The van der Waals surface area contributed by atoms with Crippen molar-refractivity contribution in [1.29, 1.82) is 0 Å². The van der Waals surface area contributed by atoms with Crippen molar-refractivity contribution in [2.75, 3.05) is 10.0 Å². The lowest BCUT2D eigenvalue weighted by molar-refractivity contribution is 0.601. The van der Waals surface area contributed by atoms with Gasteiger partial charge in [0.1, 0.15) is 11.6 Å². The third-order valence-corrected chi connectivity index (χ3v) is 5.45. The molecule has 0 atom stereocenters. The summed E-state index contributed by atoms with van der Waals surface area (Å²) in [4.78, 5) is 12.5. The van der Waals surface area contributed by atoms with E-state index in [1.54, 1.807) is 30.3 Å². The first-order chi connectivity index (χ1) is 13.5. The SMILES string of the molecule is O=S(=O)(Nc1ccccn1)c1ccc(Nc2nc(Cl)nc3ccccc23)cc1. The number of pyridine rings is 1. The van der Waals surface area contributed by atoms with Crippen molar-refractivity contribution in [2.45, 2.75) is 4.90 Å². The van der Waals surface area contributed by atoms with Gasteiger partial charge in [-0.1, -0.05) is 18.2 Å². The zero-order valence-corrected chi connectivity index (χ0v) is 15.9. The first kappa shape index (κ1) is 18.1. The fraction of sp³-hybridized carbons (Fsp3) is 0. The molecule has 0 aliphatic carbocycles. The maximum Gasteiger partial charge on any atom is 0.263 e. The van der Waals surface area contributed by atoms with Crippen molar-refractivity contribution in [3.05, 3.63) is 78.2 Å². The lowest BCUT2D eigenvalue weighted by Gasteiger charge is -2.10. The first-order valence-corrected chi connectivity index (χ1v) is 10.1. The van der Waals surface area contributed by atoms with Gasteiger partial charge in [-0.3, -0.25) is 4.72 Å². The van der Waals surface area contributed by atoms with E-state index in [2.05, 4.69) is 25.0 Å². The highest BCUT2D eigenvalue weighted by molar-refractivity contribution is 7.92. The summed E-state index contributed by atoms with van der Waals surface area (Å²) in [6, 6.07) is 18.8. The summed E-state index contributed by atoms with van der Waals surface area (Å²) in [5.41, 5.74) is 1.38. The van der Waals surface area contributed by atoms with Crippen molar-refractivity contribution < 1.29 is 8.42 Å². The van der Waals surface area contributed by atoms with Crippen LogP contribution in [0.25, 0.3) is 10.9 Å². The van der Waals surface area contributed by atoms with E-state index in [1.165, 1.54) is 18.3 Å². The second kappa shape index (κ2) is 7.41. The minimum Gasteiger partial charge on any atom is -0.340 e. The summed E-state index contributed by atoms with van der Waals surface area (Å²) in [5.74, 6) is 0.796. The predicted molar refractivity (Wildman–Crippen MR) is 109 cm³/mol. The Morgan fingerprint density at radius 3 is 2.36 bits per heavy atom. The van der Waals surface area contributed by atoms with E-state index in [4.69, 9.17) is 11.6 Å². The lowest BCUT2D eigenvalue weighted by Crippen LogP contribution is -2.13. The molecule has 0 radical (unpaired) electrons. The quantitative estimate of drug-likeness (QED) is 0.477. The zero-order chi connectivity index (χ0) is 19.6. The van der Waals surface area contributed by atoms with Crippen molar-refractivity contribution in [1.82, 2.24) is 15.0 Å². The van der Waals surface area contributed by atoms with Crippen LogP contribution in [0.15, 0.2) is 77.8 Å². The lowest BCUT2D eigenvalue weighted by atomic mass is 10.2. The molecular formula is C19H14ClN5O2S. The number of fused-ring (bicyclic) bond motifs is 1. The average molecular weight is 412 g/mol. The summed E-state index contributed by atoms with van der Waals surface area (Å²) < 4.78 is 27.4. The van der Waals surface area contributed by atoms with Gasteiger partial charge in [0.05, 0.1) is 10.4 Å². The second-order valence-electron chi connectivity index (χ2n) is 5.83. The minimum absolute atomic E-state index is 0.120. The molecule has 0 saturated carbocycles. The van der Waals surface area contributed by atoms with Crippen molar-refractivity contribution in [3.63, 3.8) is 0 Å². The molecule has 2 heterocycles. The third-order valence-electron chi connectivity index (χ3n) is 3.91. The van der Waals surface area contributed by atoms with Gasteiger partial charge in [-0.2, -0.15) is 4.98 Å². The number of nitrogens with one attached hydrogen (secondary N) is 2. The Kier molecular flexibility index (Phi) is 4.81. The van der Waals surface area contributed by atoms with Gasteiger partial charge in [-0.05, 0) is 60.1 Å². The normalized spacial score (nSPS) is 11.3. The number of anilines is 3. The molecule has 4 aromatic rings. The number of hydrogen-bond donors (Lipinski definition) is 2. The molecule has 0 aliphatic rings. The molecule has 2 aromatic carbocycles. The molecule has 0 bridgehead atoms. The standard InChI is InChI=1S/C19H14ClN5O2S/c20-19-23-16-6-2-1-5-15(16)18(24-19)22-13-8-10-14(11-9-13)28(26,27)25-17-7-3-4-12-21-17/h1-12H,(H,21,25)(H,22,23,24). The van der Waals surface area contributed by atoms with Gasteiger partial charge in [0.15, 0.2) is 0 Å². The van der Waals surface area contributed by atoms with E-state index in [-0.39, 0.29) is 16.0 Å². The summed E-state index contributed by atoms with van der Waals surface area (Å²) in [6.45, 7) is 0. The molecule has 28 heavy (non-hydrogen) atoms. The van der Waals surface area contributed by atoms with Crippen molar-refractivity contribution in [2.24, 2.45) is 0 Å². The van der Waals surface area contributed by atoms with Crippen LogP contribution in [0, 0.1) is 0 Å². The van der Waals surface area contributed by atoms with Crippen LogP contribution in [0.4, 0.5) is 17.3 Å². The van der Waals surface area contributed by atoms with E-state index < -0.39 is 10.0 Å². The van der Waals surface area contributed by atoms with Crippen LogP contribution in [-0.2, 0) is 10.0 Å². The molecule has 7 nitrogen and oxygen atoms in total. The van der Waals surface area contributed by atoms with E-state index in [0.717, 1.165) is 5.39 Å². The van der Waals surface area contributed by atoms with Crippen LogP contribution in [0.2, 0.25) is 5.28 Å². The van der Waals surface area contributed by atoms with Gasteiger partial charge in [-0.25, -0.2) is 18.4 Å². The smallest absolute Gasteiger partial charge is 0.263 e. The van der Waals surface area contributed by atoms with E-state index in [1.807, 2.05) is 24.3 Å². The van der Waals surface area contributed by atoms with Gasteiger partial charge in [0.2, 0.25) is 5.28 Å². The topological polar surface area (TPSA) is 96.9 Å². The number of halogens is 1. The Hall–Kier alpha value is -3.23. The van der Waals surface area contributed by atoms with Crippen LogP contribution in [0.3, 0.4) is 0 Å². The number of nitrogens with zero attached hydrogens (tertiary/aromatic N) is 3. The van der Waals surface area contributed by atoms with Crippen LogP contribution in [-0.4, -0.2) is 23.4 Å². The number of para-hydroxylation sites is 1. The number of hydrogen-bond acceptors (Lipinski definition) is 6. The first-order valence-electron chi connectivity index (χ1n) is 8.24. The summed E-state index contributed by atoms with van der Waals surface area (Å²) in [5, 5.41) is 4.08. The summed E-state index contributed by atoms with van der Waals surface area (Å²) in [7, 11) is -3.73. The number of sulfonamides is 1. The fourth-order valence-electron chi connectivity index (χ4n) is 2.62. The average Bonchev–Trinajstić information content (AvgIpc) is 2.69. The molecule has 9 heteroatoms. The minimum atomic E-state index is -3.73. The highest BCUT2D eigenvalue weighted by Crippen LogP contribution is 2.26. The van der Waals surface area contributed by atoms with Gasteiger partial charge in [0, 0.05) is 17.3 Å². The highest BCUT2D eigenvalue weighted by Gasteiger charge is 2.15. The molecule has 2 N–H and O–H groups in total. The van der Waals surface area contributed by atoms with Gasteiger partial charge >= 0.3 is 0 Å². The van der Waals surface area contributed by atoms with E-state index in [0.29, 0.717) is 17.0 Å². The molecule has 2 aromatic heterocycles. The molecular weight excluding hydrogens is 398 g/mol. The van der Waals surface area contributed by atoms with Crippen LogP contribution >= 0.6 is 11.6 Å². The largest absolute Gasteiger partial charge is 0.340 e. The Morgan fingerprint density at radius 2 is 1.61 bits per heavy atom. The molecule has 140 valence electrons. The molecule has 4 rings (SSSR count). The molecule has 0 saturated heterocycles. The molecule has 0 fully saturated rings. The Bertz CT molecular complexity index is 1230. The van der Waals surface area contributed by atoms with Crippen LogP contribution in [0.5, 0.6) is 0 Å². The molecule has 0 aliphatic heterocycles. The monoisotopic (exact) mass is 411 g/mol. The zero-order valence-electron chi connectivity index (χ0n) is 14.4. The number of aromatic nitrogens is 3. The van der Waals surface area contributed by atoms with E-state index >= 15 is 0 Å². The van der Waals surface area contributed by atoms with Gasteiger partial charge in [-0.15, -0.1) is 0 Å². The van der Waals surface area contributed by atoms with Crippen LogP contribution < -0.4 is 10.0 Å². The maximum absolute atomic E-state index is 12.5.